The minimum atomic E-state index is 0.644. The van der Waals surface area contributed by atoms with Gasteiger partial charge in [-0.2, -0.15) is 0 Å². The molecule has 0 spiro atoms. The van der Waals surface area contributed by atoms with Crippen LogP contribution in [0.5, 0.6) is 0 Å². The minimum absolute atomic E-state index is 0.644. The first kappa shape index (κ1) is 16.0. The van der Waals surface area contributed by atoms with Crippen LogP contribution in [0.4, 0.5) is 0 Å². The highest BCUT2D eigenvalue weighted by Gasteiger charge is 2.23. The predicted octanol–water partition coefficient (Wildman–Crippen LogP) is 3.91. The van der Waals surface area contributed by atoms with Crippen LogP contribution in [0.1, 0.15) is 50.5 Å². The topological polar surface area (TPSA) is 15.3 Å². The Bertz CT molecular complexity index is 380. The molecule has 114 valence electrons. The molecule has 0 saturated carbocycles. The number of nitrogens with zero attached hydrogens (tertiary/aromatic N) is 1. The monoisotopic (exact) mass is 294 g/mol. The third-order valence-electron chi connectivity index (χ3n) is 4.68. The summed E-state index contributed by atoms with van der Waals surface area (Å²) in [4.78, 5) is 4.15. The maximum atomic E-state index is 3.77. The summed E-state index contributed by atoms with van der Waals surface area (Å²) in [6, 6.07) is 2.92. The molecule has 0 radical (unpaired) electrons. The minimum Gasteiger partial charge on any atom is -0.309 e. The number of hydrogen-bond donors (Lipinski definition) is 1. The van der Waals surface area contributed by atoms with Gasteiger partial charge in [-0.15, -0.1) is 11.3 Å². The lowest BCUT2D eigenvalue weighted by molar-refractivity contribution is 0.162. The average molecular weight is 295 g/mol. The molecule has 1 unspecified atom stereocenters. The van der Waals surface area contributed by atoms with Crippen molar-refractivity contribution in [2.24, 2.45) is 5.92 Å². The van der Waals surface area contributed by atoms with Crippen LogP contribution >= 0.6 is 11.3 Å². The summed E-state index contributed by atoms with van der Waals surface area (Å²) in [6.07, 6.45) is 5.17. The lowest BCUT2D eigenvalue weighted by atomic mass is 9.90. The third-order valence-corrected chi connectivity index (χ3v) is 5.65. The number of thiophene rings is 1. The molecule has 2 heterocycles. The molecule has 20 heavy (non-hydrogen) atoms. The van der Waals surface area contributed by atoms with Crippen LogP contribution in [0.15, 0.2) is 11.4 Å². The molecule has 2 rings (SSSR count). The average Bonchev–Trinajstić information content (AvgIpc) is 2.93. The number of piperidine rings is 1. The highest BCUT2D eigenvalue weighted by molar-refractivity contribution is 7.10. The van der Waals surface area contributed by atoms with Gasteiger partial charge in [-0.05, 0) is 75.2 Å². The lowest BCUT2D eigenvalue weighted by Crippen LogP contribution is -2.41. The molecule has 0 amide bonds. The van der Waals surface area contributed by atoms with E-state index in [9.17, 15) is 0 Å². The Morgan fingerprint density at radius 1 is 1.35 bits per heavy atom. The van der Waals surface area contributed by atoms with Gasteiger partial charge in [-0.3, -0.25) is 0 Å². The summed E-state index contributed by atoms with van der Waals surface area (Å²) >= 11 is 1.90. The fourth-order valence-electron chi connectivity index (χ4n) is 3.25. The van der Waals surface area contributed by atoms with Crippen molar-refractivity contribution in [3.63, 3.8) is 0 Å². The molecular formula is C17H30N2S. The van der Waals surface area contributed by atoms with E-state index in [1.165, 1.54) is 49.3 Å². The highest BCUT2D eigenvalue weighted by Crippen LogP contribution is 2.22. The molecule has 0 aromatic carbocycles. The molecular weight excluding hydrogens is 264 g/mol. The van der Waals surface area contributed by atoms with Gasteiger partial charge in [0.1, 0.15) is 0 Å². The second kappa shape index (κ2) is 8.16. The molecule has 0 aliphatic carbocycles. The standard InChI is InChI=1S/C17H30N2S/c1-4-9-19-10-6-16(7-11-19)14(3)18-13-17-15(5-2)8-12-20-17/h8,12,14,16,18H,4-7,9-11,13H2,1-3H3. The number of hydrogen-bond acceptors (Lipinski definition) is 3. The molecule has 1 atom stereocenters. The zero-order valence-electron chi connectivity index (χ0n) is 13.3. The van der Waals surface area contributed by atoms with Crippen LogP contribution in [0.25, 0.3) is 0 Å². The molecule has 1 aliphatic heterocycles. The van der Waals surface area contributed by atoms with Gasteiger partial charge in [0.25, 0.3) is 0 Å². The second-order valence-electron chi connectivity index (χ2n) is 6.07. The Morgan fingerprint density at radius 3 is 2.75 bits per heavy atom. The van der Waals surface area contributed by atoms with E-state index in [0.717, 1.165) is 18.9 Å². The maximum absolute atomic E-state index is 3.77. The summed E-state index contributed by atoms with van der Waals surface area (Å²) in [5.74, 6) is 0.855. The van der Waals surface area contributed by atoms with Gasteiger partial charge < -0.3 is 10.2 Å². The lowest BCUT2D eigenvalue weighted by Gasteiger charge is -2.35. The Balaban J connectivity index is 1.74. The van der Waals surface area contributed by atoms with Gasteiger partial charge in [-0.1, -0.05) is 13.8 Å². The van der Waals surface area contributed by atoms with Gasteiger partial charge in [0, 0.05) is 17.5 Å². The Hall–Kier alpha value is -0.380. The van der Waals surface area contributed by atoms with E-state index in [4.69, 9.17) is 0 Å². The molecule has 1 aromatic rings. The highest BCUT2D eigenvalue weighted by atomic mass is 32.1. The molecule has 0 bridgehead atoms. The quantitative estimate of drug-likeness (QED) is 0.820. The first-order valence-electron chi connectivity index (χ1n) is 8.25. The van der Waals surface area contributed by atoms with Crippen molar-refractivity contribution in [3.8, 4) is 0 Å². The van der Waals surface area contributed by atoms with Crippen molar-refractivity contribution in [2.45, 2.75) is 59.0 Å². The second-order valence-corrected chi connectivity index (χ2v) is 7.07. The van der Waals surface area contributed by atoms with E-state index in [1.54, 1.807) is 0 Å². The van der Waals surface area contributed by atoms with Gasteiger partial charge in [0.15, 0.2) is 0 Å². The zero-order chi connectivity index (χ0) is 14.4. The number of rotatable bonds is 7. The Kier molecular flexibility index (Phi) is 6.53. The Labute approximate surface area is 128 Å². The molecule has 1 aromatic heterocycles. The largest absolute Gasteiger partial charge is 0.309 e. The smallest absolute Gasteiger partial charge is 0.0305 e. The van der Waals surface area contributed by atoms with Crippen molar-refractivity contribution < 1.29 is 0 Å². The maximum Gasteiger partial charge on any atom is 0.0305 e. The van der Waals surface area contributed by atoms with E-state index in [2.05, 4.69) is 42.4 Å². The van der Waals surface area contributed by atoms with Crippen molar-refractivity contribution >= 4 is 11.3 Å². The Morgan fingerprint density at radius 2 is 2.10 bits per heavy atom. The molecule has 2 nitrogen and oxygen atoms in total. The van der Waals surface area contributed by atoms with Crippen LogP contribution in [0.2, 0.25) is 0 Å². The summed E-state index contributed by atoms with van der Waals surface area (Å²) in [5, 5.41) is 5.99. The zero-order valence-corrected chi connectivity index (χ0v) is 14.1. The van der Waals surface area contributed by atoms with E-state index in [1.807, 2.05) is 11.3 Å². The number of aryl methyl sites for hydroxylation is 1. The normalized spacial score (nSPS) is 19.4. The van der Waals surface area contributed by atoms with E-state index in [0.29, 0.717) is 6.04 Å². The van der Waals surface area contributed by atoms with Crippen LogP contribution in [-0.4, -0.2) is 30.6 Å². The van der Waals surface area contributed by atoms with Crippen molar-refractivity contribution in [2.75, 3.05) is 19.6 Å². The van der Waals surface area contributed by atoms with Crippen molar-refractivity contribution in [3.05, 3.63) is 21.9 Å². The third kappa shape index (κ3) is 4.31. The molecule has 1 N–H and O–H groups in total. The first-order chi connectivity index (χ1) is 9.74. The van der Waals surface area contributed by atoms with Gasteiger partial charge >= 0.3 is 0 Å². The van der Waals surface area contributed by atoms with Gasteiger partial charge in [0.2, 0.25) is 0 Å². The SMILES string of the molecule is CCCN1CCC(C(C)NCc2sccc2CC)CC1. The van der Waals surface area contributed by atoms with Crippen LogP contribution in [0.3, 0.4) is 0 Å². The molecule has 1 saturated heterocycles. The summed E-state index contributed by atoms with van der Waals surface area (Å²) in [5.41, 5.74) is 1.52. The first-order valence-corrected chi connectivity index (χ1v) is 9.13. The number of nitrogens with one attached hydrogen (secondary N) is 1. The van der Waals surface area contributed by atoms with E-state index < -0.39 is 0 Å². The van der Waals surface area contributed by atoms with E-state index >= 15 is 0 Å². The molecule has 1 aliphatic rings. The van der Waals surface area contributed by atoms with Crippen LogP contribution in [-0.2, 0) is 13.0 Å². The summed E-state index contributed by atoms with van der Waals surface area (Å²) in [6.45, 7) is 11.8. The van der Waals surface area contributed by atoms with E-state index in [-0.39, 0.29) is 0 Å². The fourth-order valence-corrected chi connectivity index (χ4v) is 4.18. The molecule has 1 fully saturated rings. The van der Waals surface area contributed by atoms with Crippen molar-refractivity contribution in [1.29, 1.82) is 0 Å². The summed E-state index contributed by atoms with van der Waals surface area (Å²) < 4.78 is 0. The van der Waals surface area contributed by atoms with Crippen molar-refractivity contribution in [1.82, 2.24) is 10.2 Å². The summed E-state index contributed by atoms with van der Waals surface area (Å²) in [7, 11) is 0. The van der Waals surface area contributed by atoms with Gasteiger partial charge in [0.05, 0.1) is 0 Å². The van der Waals surface area contributed by atoms with Gasteiger partial charge in [-0.25, -0.2) is 0 Å². The number of likely N-dealkylation sites (tertiary alicyclic amines) is 1. The van der Waals surface area contributed by atoms with Crippen LogP contribution in [0, 0.1) is 5.92 Å². The molecule has 3 heteroatoms. The predicted molar refractivity (Wildman–Crippen MR) is 89.5 cm³/mol. The van der Waals surface area contributed by atoms with Crippen LogP contribution < -0.4 is 5.32 Å². The fraction of sp³-hybridized carbons (Fsp3) is 0.765.